The number of hydrogen-bond acceptors (Lipinski definition) is 2. The van der Waals surface area contributed by atoms with Crippen LogP contribution >= 0.6 is 0 Å². The van der Waals surface area contributed by atoms with E-state index in [9.17, 15) is 0 Å². The topological polar surface area (TPSA) is 57.4 Å². The third-order valence-electron chi connectivity index (χ3n) is 4.74. The van der Waals surface area contributed by atoms with Gasteiger partial charge in [-0.2, -0.15) is 0 Å². The fourth-order valence-electron chi connectivity index (χ4n) is 2.94. The quantitative estimate of drug-likeness (QED) is 0.301. The first-order valence-electron chi connectivity index (χ1n) is 9.95. The van der Waals surface area contributed by atoms with Gasteiger partial charge in [0, 0.05) is 22.1 Å². The fourth-order valence-corrected chi connectivity index (χ4v) is 2.94. The summed E-state index contributed by atoms with van der Waals surface area (Å²) in [5.74, 6) is 0. The normalized spacial score (nSPS) is 13.1. The molecule has 5 heterocycles. The Morgan fingerprint density at radius 2 is 0.966 bits per heavy atom. The van der Waals surface area contributed by atoms with Crippen LogP contribution in [-0.4, -0.2) is 19.9 Å². The van der Waals surface area contributed by atoms with E-state index >= 15 is 0 Å². The minimum absolute atomic E-state index is 0.939. The van der Waals surface area contributed by atoms with Crippen LogP contribution in [-0.2, 0) is 18.3 Å². The molecule has 3 aromatic rings. The molecule has 4 nitrogen and oxygen atoms in total. The van der Waals surface area contributed by atoms with Crippen molar-refractivity contribution < 1.29 is 18.3 Å². The molecule has 2 aliphatic heterocycles. The van der Waals surface area contributed by atoms with Gasteiger partial charge < -0.3 is 9.97 Å². The van der Waals surface area contributed by atoms with Crippen molar-refractivity contribution in [2.45, 2.75) is 24.8 Å². The number of nitrogens with one attached hydrogen (secondary N) is 2. The molecule has 141 valence electrons. The van der Waals surface area contributed by atoms with Crippen molar-refractivity contribution in [1.29, 1.82) is 0 Å². The van der Waals surface area contributed by atoms with E-state index in [1.54, 1.807) is 0 Å². The fraction of sp³-hybridized carbons (Fsp3) is 0.167. The van der Waals surface area contributed by atoms with Gasteiger partial charge in [-0.05, 0) is 72.8 Å². The number of aromatic amines is 2. The van der Waals surface area contributed by atoms with Crippen molar-refractivity contribution in [2.75, 3.05) is 0 Å². The van der Waals surface area contributed by atoms with Crippen LogP contribution in [0.5, 0.6) is 0 Å². The molecule has 0 fully saturated rings. The first-order chi connectivity index (χ1) is 14.1. The number of nitrogens with zero attached hydrogens (tertiary/aromatic N) is 2. The van der Waals surface area contributed by atoms with E-state index in [-0.39, 0.29) is 0 Å². The van der Waals surface area contributed by atoms with Gasteiger partial charge in [0.05, 0.1) is 22.8 Å². The standard InChI is InChI=1S/C20H14N4.C4H9.Zn/c1-2-14-10-16-5-6-18(23-16)12-20-8-7-19(24-20)11-17-4-3-15(22-17)9-13(1)21-14;1-3-4-2;/h1-12,21,24H;3H,4H2,1-2H3;. The second-order valence-electron chi connectivity index (χ2n) is 7.42. The van der Waals surface area contributed by atoms with Crippen molar-refractivity contribution in [2.24, 2.45) is 0 Å². The molecular weight excluding hydrogens is 410 g/mol. The van der Waals surface area contributed by atoms with E-state index in [0.29, 0.717) is 0 Å². The van der Waals surface area contributed by atoms with Crippen LogP contribution in [0.25, 0.3) is 46.4 Å². The summed E-state index contributed by atoms with van der Waals surface area (Å²) >= 11 is 1.45. The van der Waals surface area contributed by atoms with E-state index in [1.165, 1.54) is 24.7 Å². The first kappa shape index (κ1) is 19.5. The Morgan fingerprint density at radius 3 is 1.21 bits per heavy atom. The molecule has 0 saturated carbocycles. The molecule has 0 amide bonds. The number of aromatic nitrogens is 4. The van der Waals surface area contributed by atoms with Crippen molar-refractivity contribution >= 4 is 46.4 Å². The van der Waals surface area contributed by atoms with Gasteiger partial charge in [0.15, 0.2) is 0 Å². The molecule has 3 aromatic heterocycles. The van der Waals surface area contributed by atoms with Gasteiger partial charge in [0.2, 0.25) is 0 Å². The van der Waals surface area contributed by atoms with Gasteiger partial charge >= 0.3 is 43.1 Å². The predicted octanol–water partition coefficient (Wildman–Crippen LogP) is 6.41. The molecule has 0 spiro atoms. The van der Waals surface area contributed by atoms with Crippen molar-refractivity contribution in [3.05, 3.63) is 71.3 Å². The van der Waals surface area contributed by atoms with Gasteiger partial charge in [0.1, 0.15) is 0 Å². The summed E-state index contributed by atoms with van der Waals surface area (Å²) in [5, 5.41) is 0. The van der Waals surface area contributed by atoms with Crippen molar-refractivity contribution in [3.63, 3.8) is 0 Å². The monoisotopic (exact) mass is 431 g/mol. The van der Waals surface area contributed by atoms with Gasteiger partial charge in [0.25, 0.3) is 0 Å². The molecule has 0 aromatic carbocycles. The van der Waals surface area contributed by atoms with Gasteiger partial charge in [-0.3, -0.25) is 0 Å². The zero-order chi connectivity index (χ0) is 20.2. The van der Waals surface area contributed by atoms with Crippen LogP contribution in [0.15, 0.2) is 48.5 Å². The Labute approximate surface area is 180 Å². The van der Waals surface area contributed by atoms with Gasteiger partial charge in [-0.1, -0.05) is 0 Å². The third kappa shape index (κ3) is 5.18. The Hall–Kier alpha value is -2.78. The zero-order valence-corrected chi connectivity index (χ0v) is 19.8. The van der Waals surface area contributed by atoms with Crippen LogP contribution in [0.2, 0.25) is 4.51 Å². The second-order valence-corrected chi connectivity index (χ2v) is 10.3. The van der Waals surface area contributed by atoms with E-state index in [2.05, 4.69) is 58.0 Å². The maximum absolute atomic E-state index is 4.63. The SMILES string of the molecule is C1=Cc2cc3ccc(cc4nc(cc5ccc(cc1n2)[nH]5)C=C4)[nH]3.CC[CH](C)[Zn]. The molecule has 29 heavy (non-hydrogen) atoms. The number of hydrogen-bond donors (Lipinski definition) is 2. The molecular formula is C24H23N4Zn. The third-order valence-corrected chi connectivity index (χ3v) is 5.95. The second kappa shape index (κ2) is 8.71. The van der Waals surface area contributed by atoms with E-state index in [4.69, 9.17) is 0 Å². The number of H-pyrrole nitrogens is 2. The molecule has 8 bridgehead atoms. The molecule has 1 atom stereocenters. The molecule has 2 N–H and O–H groups in total. The molecule has 0 aliphatic carbocycles. The van der Waals surface area contributed by atoms with Crippen LogP contribution < -0.4 is 0 Å². The maximum atomic E-state index is 4.63. The Bertz CT molecular complexity index is 1050. The summed E-state index contributed by atoms with van der Waals surface area (Å²) in [6, 6.07) is 16.4. The first-order valence-corrected chi connectivity index (χ1v) is 11.7. The minimum atomic E-state index is 0.939. The molecule has 0 radical (unpaired) electrons. The van der Waals surface area contributed by atoms with Gasteiger partial charge in [-0.25, -0.2) is 9.97 Å². The molecule has 2 aliphatic rings. The zero-order valence-electron chi connectivity index (χ0n) is 16.8. The van der Waals surface area contributed by atoms with Crippen molar-refractivity contribution in [1.82, 2.24) is 19.9 Å². The molecule has 5 heteroatoms. The summed E-state index contributed by atoms with van der Waals surface area (Å²) in [7, 11) is 0. The summed E-state index contributed by atoms with van der Waals surface area (Å²) < 4.78 is 1.01. The number of fused-ring (bicyclic) bond motifs is 8. The average molecular weight is 433 g/mol. The van der Waals surface area contributed by atoms with Gasteiger partial charge in [-0.15, -0.1) is 0 Å². The molecule has 5 rings (SSSR count). The van der Waals surface area contributed by atoms with Crippen LogP contribution in [0.1, 0.15) is 43.0 Å². The molecule has 1 unspecified atom stereocenters. The summed E-state index contributed by atoms with van der Waals surface area (Å²) in [5.41, 5.74) is 7.86. The van der Waals surface area contributed by atoms with Crippen LogP contribution in [0.3, 0.4) is 0 Å². The van der Waals surface area contributed by atoms with Crippen molar-refractivity contribution in [3.8, 4) is 0 Å². The summed E-state index contributed by atoms with van der Waals surface area (Å²) in [6.45, 7) is 4.51. The van der Waals surface area contributed by atoms with E-state index < -0.39 is 0 Å². The average Bonchev–Trinajstić information content (AvgIpc) is 3.47. The predicted molar refractivity (Wildman–Crippen MR) is 119 cm³/mol. The van der Waals surface area contributed by atoms with E-state index in [0.717, 1.165) is 49.4 Å². The van der Waals surface area contributed by atoms with Crippen LogP contribution in [0.4, 0.5) is 0 Å². The Morgan fingerprint density at radius 1 is 0.690 bits per heavy atom. The summed E-state index contributed by atoms with van der Waals surface area (Å²) in [4.78, 5) is 16.0. The Kier molecular flexibility index (Phi) is 5.87. The Balaban J connectivity index is 0.000000369. The van der Waals surface area contributed by atoms with Crippen LogP contribution in [0, 0.1) is 0 Å². The summed E-state index contributed by atoms with van der Waals surface area (Å²) in [6.07, 6.45) is 9.45. The number of rotatable bonds is 1. The van der Waals surface area contributed by atoms with E-state index in [1.807, 2.05) is 48.6 Å². The molecule has 0 saturated heterocycles.